The first-order valence-corrected chi connectivity index (χ1v) is 7.75. The lowest BCUT2D eigenvalue weighted by Crippen LogP contribution is -2.40. The van der Waals surface area contributed by atoms with Crippen LogP contribution < -0.4 is 10.6 Å². The summed E-state index contributed by atoms with van der Waals surface area (Å²) in [6.07, 6.45) is 5.15. The van der Waals surface area contributed by atoms with Gasteiger partial charge in [0.15, 0.2) is 5.96 Å². The van der Waals surface area contributed by atoms with Crippen LogP contribution in [0.1, 0.15) is 39.5 Å². The van der Waals surface area contributed by atoms with Gasteiger partial charge in [-0.05, 0) is 38.3 Å². The minimum absolute atomic E-state index is 0. The molecule has 1 saturated heterocycles. The first kappa shape index (κ1) is 20.0. The highest BCUT2D eigenvalue weighted by molar-refractivity contribution is 14.0. The maximum atomic E-state index is 4.28. The van der Waals surface area contributed by atoms with E-state index in [4.69, 9.17) is 0 Å². The second-order valence-electron chi connectivity index (χ2n) is 6.19. The zero-order chi connectivity index (χ0) is 14.1. The quantitative estimate of drug-likeness (QED) is 0.301. The van der Waals surface area contributed by atoms with Gasteiger partial charge in [-0.15, -0.1) is 24.0 Å². The van der Waals surface area contributed by atoms with Crippen LogP contribution in [-0.2, 0) is 0 Å². The van der Waals surface area contributed by atoms with Gasteiger partial charge in [-0.3, -0.25) is 4.99 Å². The van der Waals surface area contributed by atoms with Crippen LogP contribution >= 0.6 is 24.0 Å². The van der Waals surface area contributed by atoms with Crippen LogP contribution in [-0.4, -0.2) is 51.1 Å². The zero-order valence-corrected chi connectivity index (χ0v) is 15.9. The van der Waals surface area contributed by atoms with Crippen LogP contribution in [0.15, 0.2) is 4.99 Å². The minimum Gasteiger partial charge on any atom is -0.356 e. The molecule has 0 saturated carbocycles. The van der Waals surface area contributed by atoms with E-state index in [9.17, 15) is 0 Å². The molecule has 0 radical (unpaired) electrons. The monoisotopic (exact) mass is 396 g/mol. The molecule has 0 aromatic heterocycles. The van der Waals surface area contributed by atoms with Crippen LogP contribution in [0.3, 0.4) is 0 Å². The number of hydrogen-bond acceptors (Lipinski definition) is 2. The normalized spacial score (nSPS) is 20.1. The molecule has 1 atom stereocenters. The largest absolute Gasteiger partial charge is 0.356 e. The van der Waals surface area contributed by atoms with Gasteiger partial charge in [-0.25, -0.2) is 0 Å². The smallest absolute Gasteiger partial charge is 0.190 e. The van der Waals surface area contributed by atoms with Crippen molar-refractivity contribution >= 4 is 29.9 Å². The number of aliphatic imine (C=N–C) groups is 1. The molecule has 1 unspecified atom stereocenters. The second kappa shape index (κ2) is 11.6. The molecule has 1 rings (SSSR count). The predicted octanol–water partition coefficient (Wildman–Crippen LogP) is 2.55. The van der Waals surface area contributed by atoms with Crippen molar-refractivity contribution in [2.45, 2.75) is 39.5 Å². The standard InChI is InChI=1S/C15H32N4.HI/c1-13(2)7-5-6-9-17-15(16-3)18-11-14-8-10-19(4)12-14;/h13-14H,5-12H2,1-4H3,(H2,16,17,18);1H. The SMILES string of the molecule is CN=C(NCCCCC(C)C)NCC1CCN(C)C1.I. The molecule has 0 aromatic rings. The Hall–Kier alpha value is -0.0400. The van der Waals surface area contributed by atoms with Gasteiger partial charge in [-0.1, -0.05) is 26.7 Å². The van der Waals surface area contributed by atoms with E-state index in [1.807, 2.05) is 7.05 Å². The van der Waals surface area contributed by atoms with Crippen molar-refractivity contribution in [1.29, 1.82) is 0 Å². The van der Waals surface area contributed by atoms with E-state index in [0.29, 0.717) is 0 Å². The Kier molecular flexibility index (Phi) is 11.6. The minimum atomic E-state index is 0. The maximum absolute atomic E-state index is 4.28. The highest BCUT2D eigenvalue weighted by Gasteiger charge is 2.19. The lowest BCUT2D eigenvalue weighted by atomic mass is 10.1. The fourth-order valence-corrected chi connectivity index (χ4v) is 2.54. The number of rotatable bonds is 7. The Morgan fingerprint density at radius 3 is 2.60 bits per heavy atom. The third-order valence-corrected chi connectivity index (χ3v) is 3.77. The van der Waals surface area contributed by atoms with Crippen LogP contribution in [0.2, 0.25) is 0 Å². The summed E-state index contributed by atoms with van der Waals surface area (Å²) >= 11 is 0. The Balaban J connectivity index is 0.00000361. The van der Waals surface area contributed by atoms with Crippen LogP contribution in [0.25, 0.3) is 0 Å². The summed E-state index contributed by atoms with van der Waals surface area (Å²) in [6.45, 7) is 9.07. The molecular formula is C15H33IN4. The fraction of sp³-hybridized carbons (Fsp3) is 0.933. The molecule has 2 N–H and O–H groups in total. The van der Waals surface area contributed by atoms with Crippen LogP contribution in [0.5, 0.6) is 0 Å². The van der Waals surface area contributed by atoms with Gasteiger partial charge in [0, 0.05) is 26.7 Å². The molecule has 0 amide bonds. The molecule has 0 spiro atoms. The van der Waals surface area contributed by atoms with E-state index >= 15 is 0 Å². The predicted molar refractivity (Wildman–Crippen MR) is 99.1 cm³/mol. The van der Waals surface area contributed by atoms with Gasteiger partial charge in [0.05, 0.1) is 0 Å². The molecule has 5 heteroatoms. The number of guanidine groups is 1. The van der Waals surface area contributed by atoms with Crippen molar-refractivity contribution in [3.63, 3.8) is 0 Å². The molecule has 0 bridgehead atoms. The molecule has 1 aliphatic heterocycles. The Morgan fingerprint density at radius 1 is 1.30 bits per heavy atom. The Morgan fingerprint density at radius 2 is 2.05 bits per heavy atom. The molecular weight excluding hydrogens is 363 g/mol. The van der Waals surface area contributed by atoms with E-state index in [2.05, 4.69) is 41.4 Å². The number of nitrogens with one attached hydrogen (secondary N) is 2. The van der Waals surface area contributed by atoms with Crippen LogP contribution in [0.4, 0.5) is 0 Å². The van der Waals surface area contributed by atoms with E-state index in [1.54, 1.807) is 0 Å². The molecule has 1 fully saturated rings. The van der Waals surface area contributed by atoms with Gasteiger partial charge in [0.25, 0.3) is 0 Å². The topological polar surface area (TPSA) is 39.7 Å². The van der Waals surface area contributed by atoms with Crippen molar-refractivity contribution in [1.82, 2.24) is 15.5 Å². The number of likely N-dealkylation sites (tertiary alicyclic amines) is 1. The lowest BCUT2D eigenvalue weighted by molar-refractivity contribution is 0.394. The highest BCUT2D eigenvalue weighted by Crippen LogP contribution is 2.12. The third-order valence-electron chi connectivity index (χ3n) is 3.77. The molecule has 0 aliphatic carbocycles. The average molecular weight is 396 g/mol. The number of nitrogens with zero attached hydrogens (tertiary/aromatic N) is 2. The summed E-state index contributed by atoms with van der Waals surface area (Å²) in [5.74, 6) is 2.54. The van der Waals surface area contributed by atoms with Crippen molar-refractivity contribution in [3.05, 3.63) is 0 Å². The van der Waals surface area contributed by atoms with Crippen molar-refractivity contribution in [2.24, 2.45) is 16.8 Å². The summed E-state index contributed by atoms with van der Waals surface area (Å²) in [5, 5.41) is 6.85. The summed E-state index contributed by atoms with van der Waals surface area (Å²) in [7, 11) is 4.05. The average Bonchev–Trinajstić information content (AvgIpc) is 2.78. The number of hydrogen-bond donors (Lipinski definition) is 2. The van der Waals surface area contributed by atoms with E-state index in [-0.39, 0.29) is 24.0 Å². The summed E-state index contributed by atoms with van der Waals surface area (Å²) in [6, 6.07) is 0. The fourth-order valence-electron chi connectivity index (χ4n) is 2.54. The van der Waals surface area contributed by atoms with Gasteiger partial charge in [0.2, 0.25) is 0 Å². The van der Waals surface area contributed by atoms with E-state index in [1.165, 1.54) is 38.8 Å². The van der Waals surface area contributed by atoms with Crippen LogP contribution in [0, 0.1) is 11.8 Å². The molecule has 1 heterocycles. The number of unbranched alkanes of at least 4 members (excludes halogenated alkanes) is 1. The molecule has 4 nitrogen and oxygen atoms in total. The maximum Gasteiger partial charge on any atom is 0.190 e. The van der Waals surface area contributed by atoms with E-state index < -0.39 is 0 Å². The first-order valence-electron chi connectivity index (χ1n) is 7.75. The summed E-state index contributed by atoms with van der Waals surface area (Å²) < 4.78 is 0. The molecule has 20 heavy (non-hydrogen) atoms. The van der Waals surface area contributed by atoms with Crippen molar-refractivity contribution in [2.75, 3.05) is 40.3 Å². The summed E-state index contributed by atoms with van der Waals surface area (Å²) in [5.41, 5.74) is 0. The van der Waals surface area contributed by atoms with Gasteiger partial charge in [0.1, 0.15) is 0 Å². The van der Waals surface area contributed by atoms with Gasteiger partial charge in [-0.2, -0.15) is 0 Å². The lowest BCUT2D eigenvalue weighted by Gasteiger charge is -2.15. The number of halogens is 1. The van der Waals surface area contributed by atoms with E-state index in [0.717, 1.165) is 30.9 Å². The first-order chi connectivity index (χ1) is 9.11. The van der Waals surface area contributed by atoms with Crippen molar-refractivity contribution in [3.8, 4) is 0 Å². The molecule has 1 aliphatic rings. The van der Waals surface area contributed by atoms with Gasteiger partial charge < -0.3 is 15.5 Å². The van der Waals surface area contributed by atoms with Crippen molar-refractivity contribution < 1.29 is 0 Å². The van der Waals surface area contributed by atoms with Gasteiger partial charge >= 0.3 is 0 Å². The highest BCUT2D eigenvalue weighted by atomic mass is 127. The zero-order valence-electron chi connectivity index (χ0n) is 13.6. The third kappa shape index (κ3) is 9.00. The molecule has 120 valence electrons. The second-order valence-corrected chi connectivity index (χ2v) is 6.19. The Labute approximate surface area is 142 Å². The Bertz CT molecular complexity index is 269. The summed E-state index contributed by atoms with van der Waals surface area (Å²) in [4.78, 5) is 6.68. The molecule has 0 aromatic carbocycles.